The van der Waals surface area contributed by atoms with Crippen LogP contribution in [0.2, 0.25) is 0 Å². The van der Waals surface area contributed by atoms with Crippen LogP contribution in [-0.2, 0) is 6.42 Å². The summed E-state index contributed by atoms with van der Waals surface area (Å²) in [5, 5.41) is 0. The zero-order valence-electron chi connectivity index (χ0n) is 10.3. The maximum absolute atomic E-state index is 5.15. The number of ether oxygens (including phenoxy) is 1. The first kappa shape index (κ1) is 11.5. The summed E-state index contributed by atoms with van der Waals surface area (Å²) in [5.41, 5.74) is 1.43. The molecule has 0 amide bonds. The number of nitrogens with zero attached hydrogens (tertiary/aromatic N) is 1. The van der Waals surface area contributed by atoms with E-state index in [2.05, 4.69) is 36.2 Å². The Balaban J connectivity index is 1.80. The minimum absolute atomic E-state index is 0.895. The SMILES string of the molecule is COc1ccc(CC[C@H]2CCN(C)C2)cc1. The van der Waals surface area contributed by atoms with Crippen LogP contribution in [0.3, 0.4) is 0 Å². The molecule has 1 aliphatic heterocycles. The molecule has 2 nitrogen and oxygen atoms in total. The normalized spacial score (nSPS) is 21.2. The van der Waals surface area contributed by atoms with Gasteiger partial charge in [-0.25, -0.2) is 0 Å². The molecule has 0 unspecified atom stereocenters. The topological polar surface area (TPSA) is 12.5 Å². The van der Waals surface area contributed by atoms with E-state index in [-0.39, 0.29) is 0 Å². The highest BCUT2D eigenvalue weighted by Gasteiger charge is 2.18. The van der Waals surface area contributed by atoms with Crippen molar-refractivity contribution < 1.29 is 4.74 Å². The lowest BCUT2D eigenvalue weighted by atomic mass is 9.99. The summed E-state index contributed by atoms with van der Waals surface area (Å²) in [7, 11) is 3.93. The fourth-order valence-electron chi connectivity index (χ4n) is 2.42. The highest BCUT2D eigenvalue weighted by Crippen LogP contribution is 2.21. The molecule has 0 bridgehead atoms. The van der Waals surface area contributed by atoms with Gasteiger partial charge in [0.1, 0.15) is 5.75 Å². The van der Waals surface area contributed by atoms with Crippen LogP contribution in [0.4, 0.5) is 0 Å². The second-order valence-corrected chi connectivity index (χ2v) is 4.80. The minimum atomic E-state index is 0.895. The number of likely N-dealkylation sites (tertiary alicyclic amines) is 1. The fourth-order valence-corrected chi connectivity index (χ4v) is 2.42. The molecule has 0 aliphatic carbocycles. The molecule has 1 atom stereocenters. The van der Waals surface area contributed by atoms with E-state index in [9.17, 15) is 0 Å². The first-order chi connectivity index (χ1) is 7.78. The second kappa shape index (κ2) is 5.35. The lowest BCUT2D eigenvalue weighted by Crippen LogP contribution is -2.14. The largest absolute Gasteiger partial charge is 0.497 e. The Morgan fingerprint density at radius 1 is 1.31 bits per heavy atom. The van der Waals surface area contributed by atoms with E-state index in [1.165, 1.54) is 37.9 Å². The Morgan fingerprint density at radius 3 is 2.62 bits per heavy atom. The monoisotopic (exact) mass is 219 g/mol. The van der Waals surface area contributed by atoms with Crippen LogP contribution in [-0.4, -0.2) is 32.1 Å². The lowest BCUT2D eigenvalue weighted by Gasteiger charge is -2.10. The summed E-state index contributed by atoms with van der Waals surface area (Å²) < 4.78 is 5.15. The summed E-state index contributed by atoms with van der Waals surface area (Å²) in [6, 6.07) is 8.46. The third-order valence-electron chi connectivity index (χ3n) is 3.49. The van der Waals surface area contributed by atoms with Crippen LogP contribution >= 0.6 is 0 Å². The lowest BCUT2D eigenvalue weighted by molar-refractivity contribution is 0.388. The van der Waals surface area contributed by atoms with Gasteiger partial charge in [0, 0.05) is 6.54 Å². The van der Waals surface area contributed by atoms with E-state index in [1.807, 2.05) is 0 Å². The molecule has 1 fully saturated rings. The first-order valence-corrected chi connectivity index (χ1v) is 6.09. The van der Waals surface area contributed by atoms with Crippen molar-refractivity contribution in [2.24, 2.45) is 5.92 Å². The molecule has 2 heteroatoms. The van der Waals surface area contributed by atoms with Gasteiger partial charge in [0.2, 0.25) is 0 Å². The van der Waals surface area contributed by atoms with Crippen molar-refractivity contribution in [3.63, 3.8) is 0 Å². The number of benzene rings is 1. The fraction of sp³-hybridized carbons (Fsp3) is 0.571. The molecule has 0 aromatic heterocycles. The summed E-state index contributed by atoms with van der Waals surface area (Å²) in [6.45, 7) is 2.55. The van der Waals surface area contributed by atoms with Crippen molar-refractivity contribution in [1.82, 2.24) is 4.90 Å². The van der Waals surface area contributed by atoms with Crippen molar-refractivity contribution in [2.45, 2.75) is 19.3 Å². The van der Waals surface area contributed by atoms with Gasteiger partial charge in [-0.15, -0.1) is 0 Å². The molecule has 16 heavy (non-hydrogen) atoms. The summed E-state index contributed by atoms with van der Waals surface area (Å²) in [4.78, 5) is 2.43. The van der Waals surface area contributed by atoms with Gasteiger partial charge in [0.25, 0.3) is 0 Å². The van der Waals surface area contributed by atoms with E-state index in [0.29, 0.717) is 0 Å². The number of hydrogen-bond donors (Lipinski definition) is 0. The van der Waals surface area contributed by atoms with E-state index in [4.69, 9.17) is 4.74 Å². The number of hydrogen-bond acceptors (Lipinski definition) is 2. The van der Waals surface area contributed by atoms with Crippen molar-refractivity contribution in [3.05, 3.63) is 29.8 Å². The quantitative estimate of drug-likeness (QED) is 0.771. The highest BCUT2D eigenvalue weighted by molar-refractivity contribution is 5.27. The third-order valence-corrected chi connectivity index (χ3v) is 3.49. The molecule has 1 heterocycles. The molecule has 1 aromatic rings. The van der Waals surface area contributed by atoms with Gasteiger partial charge in [0.15, 0.2) is 0 Å². The standard InChI is InChI=1S/C14H21NO/c1-15-10-9-13(11-15)4-3-12-5-7-14(16-2)8-6-12/h5-8,13H,3-4,9-11H2,1-2H3/t13-/m0/s1. The van der Waals surface area contributed by atoms with E-state index in [1.54, 1.807) is 7.11 Å². The molecule has 0 N–H and O–H groups in total. The highest BCUT2D eigenvalue weighted by atomic mass is 16.5. The number of aryl methyl sites for hydroxylation is 1. The molecular weight excluding hydrogens is 198 g/mol. The predicted molar refractivity (Wildman–Crippen MR) is 66.9 cm³/mol. The average molecular weight is 219 g/mol. The van der Waals surface area contributed by atoms with Gasteiger partial charge in [-0.2, -0.15) is 0 Å². The number of rotatable bonds is 4. The molecule has 0 spiro atoms. The van der Waals surface area contributed by atoms with Gasteiger partial charge in [0.05, 0.1) is 7.11 Å². The minimum Gasteiger partial charge on any atom is -0.497 e. The molecule has 0 radical (unpaired) electrons. The molecule has 2 rings (SSSR count). The van der Waals surface area contributed by atoms with Crippen molar-refractivity contribution >= 4 is 0 Å². The molecule has 1 saturated heterocycles. The van der Waals surface area contributed by atoms with Gasteiger partial charge >= 0.3 is 0 Å². The predicted octanol–water partition coefficient (Wildman–Crippen LogP) is 2.58. The Bertz CT molecular complexity index is 320. The van der Waals surface area contributed by atoms with Crippen LogP contribution in [0, 0.1) is 5.92 Å². The summed E-state index contributed by atoms with van der Waals surface area (Å²) >= 11 is 0. The maximum atomic E-state index is 5.15. The maximum Gasteiger partial charge on any atom is 0.118 e. The Kier molecular flexibility index (Phi) is 3.83. The van der Waals surface area contributed by atoms with Gasteiger partial charge < -0.3 is 9.64 Å². The van der Waals surface area contributed by atoms with Crippen molar-refractivity contribution in [2.75, 3.05) is 27.2 Å². The summed E-state index contributed by atoms with van der Waals surface area (Å²) in [5.74, 6) is 1.84. The van der Waals surface area contributed by atoms with Crippen LogP contribution in [0.1, 0.15) is 18.4 Å². The van der Waals surface area contributed by atoms with Gasteiger partial charge in [-0.05, 0) is 56.5 Å². The molecule has 1 aromatic carbocycles. The Hall–Kier alpha value is -1.02. The van der Waals surface area contributed by atoms with Crippen LogP contribution < -0.4 is 4.74 Å². The second-order valence-electron chi connectivity index (χ2n) is 4.80. The van der Waals surface area contributed by atoms with Crippen molar-refractivity contribution in [1.29, 1.82) is 0 Å². The third kappa shape index (κ3) is 2.99. The van der Waals surface area contributed by atoms with Crippen LogP contribution in [0.15, 0.2) is 24.3 Å². The molecule has 0 saturated carbocycles. The Morgan fingerprint density at radius 2 is 2.06 bits per heavy atom. The smallest absolute Gasteiger partial charge is 0.118 e. The zero-order chi connectivity index (χ0) is 11.4. The summed E-state index contributed by atoms with van der Waals surface area (Å²) in [6.07, 6.45) is 3.88. The van der Waals surface area contributed by atoms with Gasteiger partial charge in [-0.3, -0.25) is 0 Å². The van der Waals surface area contributed by atoms with Crippen molar-refractivity contribution in [3.8, 4) is 5.75 Å². The van der Waals surface area contributed by atoms with E-state index >= 15 is 0 Å². The van der Waals surface area contributed by atoms with E-state index in [0.717, 1.165) is 11.7 Å². The Labute approximate surface area is 98.2 Å². The van der Waals surface area contributed by atoms with Gasteiger partial charge in [-0.1, -0.05) is 12.1 Å². The average Bonchev–Trinajstić information content (AvgIpc) is 2.73. The zero-order valence-corrected chi connectivity index (χ0v) is 10.3. The first-order valence-electron chi connectivity index (χ1n) is 6.09. The molecule has 1 aliphatic rings. The molecular formula is C14H21NO. The molecule has 88 valence electrons. The number of methoxy groups -OCH3 is 1. The van der Waals surface area contributed by atoms with Crippen LogP contribution in [0.25, 0.3) is 0 Å². The van der Waals surface area contributed by atoms with Crippen LogP contribution in [0.5, 0.6) is 5.75 Å². The van der Waals surface area contributed by atoms with E-state index < -0.39 is 0 Å².